The molecule has 3 aromatic heterocycles. The van der Waals surface area contributed by atoms with Crippen molar-refractivity contribution in [1.29, 1.82) is 5.41 Å². The fraction of sp³-hybridized carbons (Fsp3) is 0.269. The van der Waals surface area contributed by atoms with Gasteiger partial charge in [0.25, 0.3) is 5.56 Å². The second kappa shape index (κ2) is 9.14. The van der Waals surface area contributed by atoms with Crippen molar-refractivity contribution < 1.29 is 14.2 Å². The van der Waals surface area contributed by atoms with Gasteiger partial charge in [-0.2, -0.15) is 5.10 Å². The Hall–Kier alpha value is -4.15. The van der Waals surface area contributed by atoms with E-state index in [4.69, 9.17) is 24.6 Å². The largest absolute Gasteiger partial charge is 0.475 e. The van der Waals surface area contributed by atoms with E-state index in [1.54, 1.807) is 12.3 Å². The molecule has 4 heterocycles. The van der Waals surface area contributed by atoms with Crippen LogP contribution in [0, 0.1) is 12.3 Å². The lowest BCUT2D eigenvalue weighted by Gasteiger charge is -2.26. The summed E-state index contributed by atoms with van der Waals surface area (Å²) in [6.07, 6.45) is 4.91. The third-order valence-corrected chi connectivity index (χ3v) is 6.52. The minimum absolute atomic E-state index is 0.151. The molecule has 0 saturated carbocycles. The van der Waals surface area contributed by atoms with Crippen LogP contribution in [-0.4, -0.2) is 63.4 Å². The summed E-state index contributed by atoms with van der Waals surface area (Å²) >= 11 is 0. The van der Waals surface area contributed by atoms with Gasteiger partial charge in [0, 0.05) is 22.9 Å². The molecular formula is C26H24N6O4. The minimum atomic E-state index is -0.488. The summed E-state index contributed by atoms with van der Waals surface area (Å²) in [5, 5.41) is 17.1. The lowest BCUT2D eigenvalue weighted by atomic mass is 9.79. The van der Waals surface area contributed by atoms with Crippen molar-refractivity contribution in [3.05, 3.63) is 87.4 Å². The fourth-order valence-corrected chi connectivity index (χ4v) is 4.79. The Balaban J connectivity index is 1.44. The highest BCUT2D eigenvalue weighted by molar-refractivity contribution is 6.12. The Morgan fingerprint density at radius 2 is 2.14 bits per heavy atom. The van der Waals surface area contributed by atoms with Crippen LogP contribution in [-0.2, 0) is 9.47 Å². The molecular weight excluding hydrogens is 460 g/mol. The topological polar surface area (TPSA) is 139 Å². The van der Waals surface area contributed by atoms with Gasteiger partial charge in [0.1, 0.15) is 12.7 Å². The molecule has 0 spiro atoms. The molecule has 0 bridgehead atoms. The molecule has 1 saturated heterocycles. The number of hydrogen-bond donors (Lipinski definition) is 3. The minimum Gasteiger partial charge on any atom is -0.475 e. The van der Waals surface area contributed by atoms with Crippen LogP contribution < -0.4 is 10.3 Å². The van der Waals surface area contributed by atoms with Crippen molar-refractivity contribution in [1.82, 2.24) is 25.1 Å². The molecule has 182 valence electrons. The normalized spacial score (nSPS) is 19.7. The molecule has 4 aromatic rings. The van der Waals surface area contributed by atoms with E-state index in [2.05, 4.69) is 20.2 Å². The number of nitrogens with zero attached hydrogens (tertiary/aromatic N) is 3. The molecule has 0 amide bonds. The van der Waals surface area contributed by atoms with Crippen LogP contribution in [0.3, 0.4) is 0 Å². The maximum atomic E-state index is 12.9. The van der Waals surface area contributed by atoms with Gasteiger partial charge in [-0.3, -0.25) is 9.89 Å². The summed E-state index contributed by atoms with van der Waals surface area (Å²) < 4.78 is 17.0. The smallest absolute Gasteiger partial charge is 0.260 e. The number of ether oxygens (including phenoxy) is 3. The molecule has 36 heavy (non-hydrogen) atoms. The molecule has 10 heteroatoms. The summed E-state index contributed by atoms with van der Waals surface area (Å²) in [6, 6.07) is 9.43. The number of aromatic amines is 2. The monoisotopic (exact) mass is 484 g/mol. The fourth-order valence-electron chi connectivity index (χ4n) is 4.79. The average molecular weight is 485 g/mol. The molecule has 2 atom stereocenters. The summed E-state index contributed by atoms with van der Waals surface area (Å²) in [6.45, 7) is 3.93. The summed E-state index contributed by atoms with van der Waals surface area (Å²) in [7, 11) is 0. The van der Waals surface area contributed by atoms with Crippen LogP contribution in [0.5, 0.6) is 5.88 Å². The van der Waals surface area contributed by atoms with Crippen LogP contribution in [0.15, 0.2) is 53.7 Å². The van der Waals surface area contributed by atoms with Crippen LogP contribution >= 0.6 is 0 Å². The second-order valence-corrected chi connectivity index (χ2v) is 8.79. The van der Waals surface area contributed by atoms with Crippen molar-refractivity contribution in [2.45, 2.75) is 18.9 Å². The van der Waals surface area contributed by atoms with Crippen LogP contribution in [0.25, 0.3) is 16.5 Å². The van der Waals surface area contributed by atoms with Gasteiger partial charge in [-0.1, -0.05) is 18.2 Å². The van der Waals surface area contributed by atoms with Gasteiger partial charge in [-0.25, -0.2) is 9.97 Å². The van der Waals surface area contributed by atoms with Gasteiger partial charge >= 0.3 is 0 Å². The molecule has 1 aromatic carbocycles. The van der Waals surface area contributed by atoms with E-state index in [0.29, 0.717) is 49.3 Å². The third kappa shape index (κ3) is 3.90. The van der Waals surface area contributed by atoms with Gasteiger partial charge in [0.05, 0.1) is 60.5 Å². The van der Waals surface area contributed by atoms with E-state index >= 15 is 0 Å². The highest BCUT2D eigenvalue weighted by Gasteiger charge is 2.32. The number of benzene rings is 1. The molecule has 0 radical (unpaired) electrons. The Morgan fingerprint density at radius 3 is 3.00 bits per heavy atom. The molecule has 2 aliphatic rings. The van der Waals surface area contributed by atoms with Gasteiger partial charge < -0.3 is 24.6 Å². The van der Waals surface area contributed by atoms with E-state index in [1.807, 2.05) is 37.3 Å². The lowest BCUT2D eigenvalue weighted by molar-refractivity contribution is -0.102. The molecule has 1 aliphatic carbocycles. The van der Waals surface area contributed by atoms with E-state index in [0.717, 1.165) is 22.0 Å². The van der Waals surface area contributed by atoms with Crippen molar-refractivity contribution in [2.24, 2.45) is 0 Å². The zero-order chi connectivity index (χ0) is 24.6. The summed E-state index contributed by atoms with van der Waals surface area (Å²) in [4.78, 5) is 24.7. The Morgan fingerprint density at radius 1 is 1.22 bits per heavy atom. The zero-order valence-electron chi connectivity index (χ0n) is 19.6. The van der Waals surface area contributed by atoms with E-state index in [9.17, 15) is 4.79 Å². The molecule has 10 nitrogen and oxygen atoms in total. The number of aryl methyl sites for hydroxylation is 1. The highest BCUT2D eigenvalue weighted by Crippen LogP contribution is 2.39. The first kappa shape index (κ1) is 22.3. The van der Waals surface area contributed by atoms with Crippen LogP contribution in [0.2, 0.25) is 0 Å². The first-order chi connectivity index (χ1) is 17.6. The van der Waals surface area contributed by atoms with Crippen LogP contribution in [0.1, 0.15) is 34.0 Å². The predicted molar refractivity (Wildman–Crippen MR) is 133 cm³/mol. The number of allylic oxidation sites excluding steroid dienone is 1. The van der Waals surface area contributed by atoms with Crippen molar-refractivity contribution >= 4 is 22.2 Å². The van der Waals surface area contributed by atoms with E-state index in [1.165, 1.54) is 6.33 Å². The number of H-pyrrole nitrogens is 2. The van der Waals surface area contributed by atoms with Crippen molar-refractivity contribution in [3.8, 4) is 5.88 Å². The average Bonchev–Trinajstić information content (AvgIpc) is 3.38. The summed E-state index contributed by atoms with van der Waals surface area (Å²) in [5.74, 6) is -0.0578. The maximum absolute atomic E-state index is 12.9. The zero-order valence-corrected chi connectivity index (χ0v) is 19.6. The second-order valence-electron chi connectivity index (χ2n) is 8.79. The maximum Gasteiger partial charge on any atom is 0.260 e. The Bertz CT molecular complexity index is 1550. The molecule has 1 fully saturated rings. The third-order valence-electron chi connectivity index (χ3n) is 6.52. The SMILES string of the molecule is Cc1ccc2[nH]ncc2c1C1C=C(c2cccc(OC[C@@H]3COCCO3)n2)c2nc[nH]c(=O)c2C1=N. The predicted octanol–water partition coefficient (Wildman–Crippen LogP) is 2.74. The number of hydrogen-bond acceptors (Lipinski definition) is 8. The molecule has 1 unspecified atom stereocenters. The van der Waals surface area contributed by atoms with E-state index in [-0.39, 0.29) is 22.9 Å². The Labute approximate surface area is 205 Å². The molecule has 6 rings (SSSR count). The standard InChI is InChI=1S/C26H24N6O4/c1-14-5-6-20-18(10-30-32-20)22(14)17-9-16(25-23(24(17)27)26(33)29-13-28-25)19-3-2-4-21(31-19)36-12-15-11-34-7-8-35-15/h2-6,9-10,13,15,17,27H,7-8,11-12H2,1H3,(H,30,32)(H,28,29,33)/t15-,17?/m0/s1. The van der Waals surface area contributed by atoms with Gasteiger partial charge in [-0.15, -0.1) is 0 Å². The van der Waals surface area contributed by atoms with Gasteiger partial charge in [-0.05, 0) is 30.2 Å². The van der Waals surface area contributed by atoms with Gasteiger partial charge in [0.15, 0.2) is 0 Å². The van der Waals surface area contributed by atoms with Crippen molar-refractivity contribution in [2.75, 3.05) is 26.4 Å². The highest BCUT2D eigenvalue weighted by atomic mass is 16.6. The number of rotatable bonds is 5. The number of aromatic nitrogens is 5. The van der Waals surface area contributed by atoms with E-state index < -0.39 is 5.92 Å². The lowest BCUT2D eigenvalue weighted by Crippen LogP contribution is -2.33. The Kier molecular flexibility index (Phi) is 5.67. The quantitative estimate of drug-likeness (QED) is 0.396. The molecule has 3 N–H and O–H groups in total. The van der Waals surface area contributed by atoms with Gasteiger partial charge in [0.2, 0.25) is 5.88 Å². The first-order valence-electron chi connectivity index (χ1n) is 11.7. The number of fused-ring (bicyclic) bond motifs is 2. The molecule has 1 aliphatic heterocycles. The number of nitrogens with one attached hydrogen (secondary N) is 3. The van der Waals surface area contributed by atoms with Crippen LogP contribution in [0.4, 0.5) is 0 Å². The first-order valence-corrected chi connectivity index (χ1v) is 11.7. The summed E-state index contributed by atoms with van der Waals surface area (Å²) in [5.41, 5.74) is 4.53. The number of pyridine rings is 1. The van der Waals surface area contributed by atoms with Crippen molar-refractivity contribution in [3.63, 3.8) is 0 Å².